The summed E-state index contributed by atoms with van der Waals surface area (Å²) in [6, 6.07) is 5.16. The number of esters is 1. The largest absolute Gasteiger partial charge is 0.492 e. The Kier molecular flexibility index (Phi) is 6.15. The summed E-state index contributed by atoms with van der Waals surface area (Å²) >= 11 is 3.38. The van der Waals surface area contributed by atoms with Crippen LogP contribution in [0, 0.1) is 0 Å². The molecule has 0 unspecified atom stereocenters. The van der Waals surface area contributed by atoms with Crippen LogP contribution in [0.15, 0.2) is 22.7 Å². The van der Waals surface area contributed by atoms with Gasteiger partial charge in [-0.2, -0.15) is 0 Å². The van der Waals surface area contributed by atoms with Gasteiger partial charge in [0.15, 0.2) is 0 Å². The van der Waals surface area contributed by atoms with Gasteiger partial charge in [-0.05, 0) is 54.6 Å². The SMILES string of the molecule is COC(=O)c1ccc(OCCCN(C)C)c(Br)c1. The number of carbonyl (C=O) groups excluding carboxylic acids is 1. The van der Waals surface area contributed by atoms with Crippen LogP contribution in [-0.4, -0.2) is 45.2 Å². The first-order valence-electron chi connectivity index (χ1n) is 5.70. The Morgan fingerprint density at radius 1 is 1.39 bits per heavy atom. The van der Waals surface area contributed by atoms with E-state index in [1.165, 1.54) is 7.11 Å². The van der Waals surface area contributed by atoms with Gasteiger partial charge in [0.1, 0.15) is 5.75 Å². The zero-order valence-electron chi connectivity index (χ0n) is 10.9. The Morgan fingerprint density at radius 2 is 2.11 bits per heavy atom. The van der Waals surface area contributed by atoms with Crippen molar-refractivity contribution in [2.75, 3.05) is 34.4 Å². The van der Waals surface area contributed by atoms with Gasteiger partial charge >= 0.3 is 5.97 Å². The topological polar surface area (TPSA) is 38.8 Å². The van der Waals surface area contributed by atoms with Gasteiger partial charge < -0.3 is 14.4 Å². The molecule has 4 nitrogen and oxygen atoms in total. The van der Waals surface area contributed by atoms with Gasteiger partial charge in [-0.1, -0.05) is 0 Å². The van der Waals surface area contributed by atoms with Crippen molar-refractivity contribution in [1.82, 2.24) is 4.90 Å². The van der Waals surface area contributed by atoms with Gasteiger partial charge in [0.2, 0.25) is 0 Å². The summed E-state index contributed by atoms with van der Waals surface area (Å²) < 4.78 is 11.0. The predicted octanol–water partition coefficient (Wildman–Crippen LogP) is 2.57. The quantitative estimate of drug-likeness (QED) is 0.597. The zero-order valence-corrected chi connectivity index (χ0v) is 12.5. The van der Waals surface area contributed by atoms with Crippen LogP contribution < -0.4 is 4.74 Å². The second-order valence-corrected chi connectivity index (χ2v) is 5.00. The van der Waals surface area contributed by atoms with Gasteiger partial charge in [0, 0.05) is 6.54 Å². The minimum absolute atomic E-state index is 0.352. The average Bonchev–Trinajstić information content (AvgIpc) is 2.34. The molecule has 1 aromatic rings. The first-order valence-corrected chi connectivity index (χ1v) is 6.49. The summed E-state index contributed by atoms with van der Waals surface area (Å²) in [6.07, 6.45) is 0.957. The van der Waals surface area contributed by atoms with Crippen molar-refractivity contribution < 1.29 is 14.3 Å². The van der Waals surface area contributed by atoms with Crippen LogP contribution in [-0.2, 0) is 4.74 Å². The lowest BCUT2D eigenvalue weighted by atomic mass is 10.2. The van der Waals surface area contributed by atoms with Crippen LogP contribution in [0.2, 0.25) is 0 Å². The van der Waals surface area contributed by atoms with E-state index in [0.717, 1.165) is 23.2 Å². The highest BCUT2D eigenvalue weighted by atomic mass is 79.9. The summed E-state index contributed by atoms with van der Waals surface area (Å²) in [5, 5.41) is 0. The monoisotopic (exact) mass is 315 g/mol. The fraction of sp³-hybridized carbons (Fsp3) is 0.462. The normalized spacial score (nSPS) is 10.5. The van der Waals surface area contributed by atoms with Crippen molar-refractivity contribution in [1.29, 1.82) is 0 Å². The number of rotatable bonds is 6. The molecule has 0 amide bonds. The van der Waals surface area contributed by atoms with E-state index in [2.05, 4.69) is 25.6 Å². The molecule has 0 atom stereocenters. The average molecular weight is 316 g/mol. The van der Waals surface area contributed by atoms with E-state index in [4.69, 9.17) is 4.74 Å². The standard InChI is InChI=1S/C13H18BrNO3/c1-15(2)7-4-8-18-12-6-5-10(9-11(12)14)13(16)17-3/h5-6,9H,4,7-8H2,1-3H3. The number of hydrogen-bond donors (Lipinski definition) is 0. The fourth-order valence-electron chi connectivity index (χ4n) is 1.43. The maximum absolute atomic E-state index is 11.3. The molecule has 1 aromatic carbocycles. The molecule has 0 aliphatic heterocycles. The van der Waals surface area contributed by atoms with Gasteiger partial charge in [0.05, 0.1) is 23.8 Å². The lowest BCUT2D eigenvalue weighted by molar-refractivity contribution is 0.0600. The Labute approximate surface area is 116 Å². The molecular formula is C13H18BrNO3. The van der Waals surface area contributed by atoms with Crippen molar-refractivity contribution in [2.24, 2.45) is 0 Å². The van der Waals surface area contributed by atoms with E-state index >= 15 is 0 Å². The summed E-state index contributed by atoms with van der Waals surface area (Å²) in [6.45, 7) is 1.63. The fourth-order valence-corrected chi connectivity index (χ4v) is 1.92. The number of carbonyl (C=O) groups is 1. The zero-order chi connectivity index (χ0) is 13.5. The first-order chi connectivity index (χ1) is 8.54. The van der Waals surface area contributed by atoms with Gasteiger partial charge in [-0.3, -0.25) is 0 Å². The smallest absolute Gasteiger partial charge is 0.337 e. The minimum atomic E-state index is -0.352. The van der Waals surface area contributed by atoms with E-state index in [1.807, 2.05) is 14.1 Å². The molecule has 0 aliphatic rings. The van der Waals surface area contributed by atoms with Gasteiger partial charge in [0.25, 0.3) is 0 Å². The van der Waals surface area contributed by atoms with Crippen LogP contribution in [0.3, 0.4) is 0 Å². The van der Waals surface area contributed by atoms with E-state index in [-0.39, 0.29) is 5.97 Å². The highest BCUT2D eigenvalue weighted by Gasteiger charge is 2.08. The molecule has 0 saturated heterocycles. The number of halogens is 1. The Hall–Kier alpha value is -1.07. The molecule has 0 saturated carbocycles. The Morgan fingerprint density at radius 3 is 2.67 bits per heavy atom. The van der Waals surface area contributed by atoms with Crippen molar-refractivity contribution in [3.8, 4) is 5.75 Å². The van der Waals surface area contributed by atoms with Crippen molar-refractivity contribution in [3.63, 3.8) is 0 Å². The molecule has 0 heterocycles. The highest BCUT2D eigenvalue weighted by Crippen LogP contribution is 2.26. The summed E-state index contributed by atoms with van der Waals surface area (Å²) in [5.41, 5.74) is 0.505. The molecule has 18 heavy (non-hydrogen) atoms. The number of methoxy groups -OCH3 is 1. The maximum Gasteiger partial charge on any atom is 0.337 e. The molecule has 0 aliphatic carbocycles. The van der Waals surface area contributed by atoms with Crippen LogP contribution in [0.25, 0.3) is 0 Å². The molecule has 0 fully saturated rings. The predicted molar refractivity (Wildman–Crippen MR) is 74.1 cm³/mol. The highest BCUT2D eigenvalue weighted by molar-refractivity contribution is 9.10. The molecule has 0 aromatic heterocycles. The second kappa shape index (κ2) is 7.38. The van der Waals surface area contributed by atoms with Crippen LogP contribution in [0.1, 0.15) is 16.8 Å². The second-order valence-electron chi connectivity index (χ2n) is 4.14. The van der Waals surface area contributed by atoms with Crippen LogP contribution >= 0.6 is 15.9 Å². The molecule has 100 valence electrons. The number of hydrogen-bond acceptors (Lipinski definition) is 4. The van der Waals surface area contributed by atoms with Crippen molar-refractivity contribution in [3.05, 3.63) is 28.2 Å². The summed E-state index contributed by atoms with van der Waals surface area (Å²) in [5.74, 6) is 0.385. The summed E-state index contributed by atoms with van der Waals surface area (Å²) in [7, 11) is 5.42. The van der Waals surface area contributed by atoms with E-state index in [9.17, 15) is 4.79 Å². The van der Waals surface area contributed by atoms with E-state index in [0.29, 0.717) is 12.2 Å². The third-order valence-electron chi connectivity index (χ3n) is 2.36. The molecular weight excluding hydrogens is 298 g/mol. The number of nitrogens with zero attached hydrogens (tertiary/aromatic N) is 1. The molecule has 1 rings (SSSR count). The molecule has 0 spiro atoms. The lowest BCUT2D eigenvalue weighted by Gasteiger charge is -2.11. The molecule has 5 heteroatoms. The van der Waals surface area contributed by atoms with Gasteiger partial charge in [-0.25, -0.2) is 4.79 Å². The van der Waals surface area contributed by atoms with Gasteiger partial charge in [-0.15, -0.1) is 0 Å². The molecule has 0 radical (unpaired) electrons. The minimum Gasteiger partial charge on any atom is -0.492 e. The van der Waals surface area contributed by atoms with Crippen molar-refractivity contribution >= 4 is 21.9 Å². The first kappa shape index (κ1) is 15.0. The number of benzene rings is 1. The van der Waals surface area contributed by atoms with E-state index in [1.54, 1.807) is 18.2 Å². The third kappa shape index (κ3) is 4.66. The maximum atomic E-state index is 11.3. The van der Waals surface area contributed by atoms with Crippen LogP contribution in [0.5, 0.6) is 5.75 Å². The summed E-state index contributed by atoms with van der Waals surface area (Å²) in [4.78, 5) is 13.4. The Balaban J connectivity index is 2.55. The third-order valence-corrected chi connectivity index (χ3v) is 2.98. The lowest BCUT2D eigenvalue weighted by Crippen LogP contribution is -2.15. The Bertz CT molecular complexity index is 407. The molecule has 0 bridgehead atoms. The number of ether oxygens (including phenoxy) is 2. The van der Waals surface area contributed by atoms with Crippen molar-refractivity contribution in [2.45, 2.75) is 6.42 Å². The van der Waals surface area contributed by atoms with Crippen LogP contribution in [0.4, 0.5) is 0 Å². The van der Waals surface area contributed by atoms with E-state index < -0.39 is 0 Å². The molecule has 0 N–H and O–H groups in total.